The first-order chi connectivity index (χ1) is 23.4. The van der Waals surface area contributed by atoms with Gasteiger partial charge in [0.2, 0.25) is 12.1 Å². The van der Waals surface area contributed by atoms with Gasteiger partial charge in [0.1, 0.15) is 60.3 Å². The van der Waals surface area contributed by atoms with E-state index in [0.717, 1.165) is 25.1 Å². The Kier molecular flexibility index (Phi) is 9.35. The average Bonchev–Trinajstić information content (AvgIpc) is 3.07. The van der Waals surface area contributed by atoms with Gasteiger partial charge < -0.3 is 75.1 Å². The molecule has 2 saturated heterocycles. The van der Waals surface area contributed by atoms with Crippen LogP contribution >= 0.6 is 12.6 Å². The second-order valence-corrected chi connectivity index (χ2v) is 13.7. The monoisotopic (exact) mass is 728 g/mol. The van der Waals surface area contributed by atoms with Crippen molar-refractivity contribution in [2.75, 3.05) is 13.2 Å². The van der Waals surface area contributed by atoms with E-state index in [4.69, 9.17) is 18.9 Å². The van der Waals surface area contributed by atoms with Crippen LogP contribution in [-0.2, 0) is 23.7 Å². The van der Waals surface area contributed by atoms with Crippen LogP contribution in [0.5, 0.6) is 5.75 Å². The molecule has 1 aromatic rings. The minimum absolute atomic E-state index is 0.477. The van der Waals surface area contributed by atoms with Gasteiger partial charge in [-0.3, -0.25) is 14.4 Å². The van der Waals surface area contributed by atoms with Crippen LogP contribution in [0.25, 0.3) is 0 Å². The fraction of sp³-hybridized carbons (Fsp3) is 0.581. The fourth-order valence-corrected chi connectivity index (χ4v) is 7.49. The molecule has 0 spiro atoms. The molecule has 50 heavy (non-hydrogen) atoms. The Balaban J connectivity index is 1.61. The van der Waals surface area contributed by atoms with Gasteiger partial charge in [0.15, 0.2) is 29.1 Å². The lowest BCUT2D eigenvalue weighted by Crippen LogP contribution is -2.77. The SMILES string of the molecule is C[C@]1(O)C[C@]2(O[C@H]3O[C@H](CO)[C@@H](O)[C@H](O)[C@H]3O)C(O[C@H]3O[C@H](CO)[C@@H](O)[C@H](O)[C@H]3S)=CC3=C(C(=O)c4cccc(O)c4C3=O)[C@]2(O)C(=O)[C@@H]1O. The molecule has 11 N–H and O–H groups in total. The van der Waals surface area contributed by atoms with Gasteiger partial charge in [-0.05, 0) is 19.1 Å². The van der Waals surface area contributed by atoms with E-state index in [2.05, 4.69) is 12.6 Å². The van der Waals surface area contributed by atoms with Gasteiger partial charge in [0, 0.05) is 17.6 Å². The van der Waals surface area contributed by atoms with Crippen LogP contribution in [0.1, 0.15) is 34.1 Å². The van der Waals surface area contributed by atoms with Crippen LogP contribution in [0.4, 0.5) is 0 Å². The van der Waals surface area contributed by atoms with Crippen molar-refractivity contribution in [1.29, 1.82) is 0 Å². The first-order valence-corrected chi connectivity index (χ1v) is 15.9. The highest BCUT2D eigenvalue weighted by Crippen LogP contribution is 2.57. The van der Waals surface area contributed by atoms with Crippen molar-refractivity contribution in [3.8, 4) is 5.75 Å². The number of carbonyl (C=O) groups is 3. The predicted molar refractivity (Wildman–Crippen MR) is 162 cm³/mol. The van der Waals surface area contributed by atoms with Crippen LogP contribution in [0.3, 0.4) is 0 Å². The van der Waals surface area contributed by atoms with Crippen LogP contribution in [0, 0.1) is 0 Å². The van der Waals surface area contributed by atoms with E-state index in [0.29, 0.717) is 0 Å². The largest absolute Gasteiger partial charge is 0.507 e. The maximum atomic E-state index is 14.3. The minimum atomic E-state index is -3.54. The number of phenolic OH excluding ortho intramolecular Hbond substituents is 1. The Morgan fingerprint density at radius 3 is 2.08 bits per heavy atom. The second-order valence-electron chi connectivity index (χ2n) is 13.1. The van der Waals surface area contributed by atoms with E-state index in [1.165, 1.54) is 6.07 Å². The number of phenols is 1. The normalized spacial score (nSPS) is 44.7. The van der Waals surface area contributed by atoms with Crippen molar-refractivity contribution >= 4 is 30.0 Å². The van der Waals surface area contributed by atoms with Crippen LogP contribution in [0.2, 0.25) is 0 Å². The van der Waals surface area contributed by atoms with Crippen LogP contribution in [-0.4, -0.2) is 170 Å². The zero-order chi connectivity index (χ0) is 36.8. The van der Waals surface area contributed by atoms with E-state index in [-0.39, 0.29) is 0 Å². The molecule has 3 fully saturated rings. The summed E-state index contributed by atoms with van der Waals surface area (Å²) in [7, 11) is 0. The van der Waals surface area contributed by atoms with Crippen molar-refractivity contribution in [3.05, 3.63) is 52.3 Å². The Hall–Kier alpha value is -2.86. The third-order valence-electron chi connectivity index (χ3n) is 9.93. The third-order valence-corrected chi connectivity index (χ3v) is 10.5. The minimum Gasteiger partial charge on any atom is -0.507 e. The molecule has 274 valence electrons. The molecule has 0 aromatic heterocycles. The number of Topliss-reactive ketones (excluding diaryl/α,β-unsaturated/α-hetero) is 3. The summed E-state index contributed by atoms with van der Waals surface area (Å²) in [5.74, 6) is -5.58. The number of ketones is 3. The van der Waals surface area contributed by atoms with E-state index < -0.39 is 154 Å². The fourth-order valence-electron chi connectivity index (χ4n) is 7.18. The molecule has 2 heterocycles. The molecule has 1 saturated carbocycles. The van der Waals surface area contributed by atoms with E-state index in [1.54, 1.807) is 0 Å². The van der Waals surface area contributed by atoms with Gasteiger partial charge in [-0.25, -0.2) is 0 Å². The number of rotatable bonds is 6. The number of hydrogen-bond donors (Lipinski definition) is 12. The maximum Gasteiger partial charge on any atom is 0.214 e. The average molecular weight is 729 g/mol. The highest BCUT2D eigenvalue weighted by atomic mass is 32.1. The topological polar surface area (TPSA) is 311 Å². The molecule has 6 rings (SSSR count). The highest BCUT2D eigenvalue weighted by Gasteiger charge is 2.75. The quantitative estimate of drug-likeness (QED) is 0.122. The predicted octanol–water partition coefficient (Wildman–Crippen LogP) is -4.91. The van der Waals surface area contributed by atoms with Crippen LogP contribution in [0.15, 0.2) is 41.2 Å². The van der Waals surface area contributed by atoms with E-state index >= 15 is 0 Å². The highest BCUT2D eigenvalue weighted by molar-refractivity contribution is 7.81. The molecule has 3 aliphatic carbocycles. The summed E-state index contributed by atoms with van der Waals surface area (Å²) in [6.07, 6.45) is -19.7. The van der Waals surface area contributed by atoms with Gasteiger partial charge in [-0.1, -0.05) is 12.1 Å². The molecule has 0 radical (unpaired) electrons. The van der Waals surface area contributed by atoms with Gasteiger partial charge in [0.25, 0.3) is 0 Å². The molecule has 0 unspecified atom stereocenters. The smallest absolute Gasteiger partial charge is 0.214 e. The van der Waals surface area contributed by atoms with Gasteiger partial charge >= 0.3 is 0 Å². The summed E-state index contributed by atoms with van der Waals surface area (Å²) in [5, 5.41) is 117. The van der Waals surface area contributed by atoms with Gasteiger partial charge in [-0.15, -0.1) is 0 Å². The maximum absolute atomic E-state index is 14.3. The standard InChI is InChI=1S/C31H36O18S/c1-29(44)8-30(49-27-23(41)21(39)19(37)12(6-32)46-27)14(48-28-24(50)22(40)20(38)13(7-33)47-28)5-10-16(31(30,45)26(43)25(29)42)18(36)9-3-2-4-11(34)15(9)17(10)35/h2-5,12-13,19-25,27-28,32-34,37-42,44-45,50H,6-8H2,1H3/t12-,13-,19-,20-,21+,22+,23-,24-,25+,27-,28-,29+,30+,31+/m1/s1. The Bertz CT molecular complexity index is 1660. The van der Waals surface area contributed by atoms with Gasteiger partial charge in [-0.2, -0.15) is 12.6 Å². The van der Waals surface area contributed by atoms with Crippen LogP contribution < -0.4 is 0 Å². The number of fused-ring (bicyclic) bond motifs is 3. The molecule has 2 aliphatic heterocycles. The molecule has 1 aromatic carbocycles. The zero-order valence-electron chi connectivity index (χ0n) is 26.0. The summed E-state index contributed by atoms with van der Waals surface area (Å²) < 4.78 is 23.2. The molecule has 5 aliphatic rings. The number of aliphatic hydroxyl groups is 10. The molecular weight excluding hydrogens is 692 g/mol. The third kappa shape index (κ3) is 5.11. The number of ether oxygens (including phenoxy) is 4. The Morgan fingerprint density at radius 1 is 0.860 bits per heavy atom. The lowest BCUT2D eigenvalue weighted by atomic mass is 9.55. The summed E-state index contributed by atoms with van der Waals surface area (Å²) in [6, 6.07) is 3.41. The first kappa shape index (κ1) is 36.9. The molecular formula is C31H36O18S. The molecule has 18 nitrogen and oxygen atoms in total. The Morgan fingerprint density at radius 2 is 1.46 bits per heavy atom. The van der Waals surface area contributed by atoms with E-state index in [9.17, 15) is 70.6 Å². The van der Waals surface area contributed by atoms with Gasteiger partial charge in [0.05, 0.1) is 35.2 Å². The number of aliphatic hydroxyl groups excluding tert-OH is 8. The van der Waals surface area contributed by atoms with Crippen molar-refractivity contribution in [1.82, 2.24) is 0 Å². The number of thiol groups is 1. The summed E-state index contributed by atoms with van der Waals surface area (Å²) in [6.45, 7) is -0.887. The summed E-state index contributed by atoms with van der Waals surface area (Å²) >= 11 is 4.24. The number of aromatic hydroxyl groups is 1. The van der Waals surface area contributed by atoms with E-state index in [1.807, 2.05) is 0 Å². The lowest BCUT2D eigenvalue weighted by molar-refractivity contribution is -0.353. The second kappa shape index (κ2) is 12.7. The molecule has 14 atom stereocenters. The number of carbonyl (C=O) groups excluding carboxylic acids is 3. The number of hydrogen-bond acceptors (Lipinski definition) is 19. The summed E-state index contributed by atoms with van der Waals surface area (Å²) in [5.41, 5.74) is -11.9. The zero-order valence-corrected chi connectivity index (χ0v) is 26.9. The molecule has 0 bridgehead atoms. The summed E-state index contributed by atoms with van der Waals surface area (Å²) in [4.78, 5) is 42.5. The lowest BCUT2D eigenvalue weighted by Gasteiger charge is -2.58. The van der Waals surface area contributed by atoms with Crippen molar-refractivity contribution in [2.45, 2.75) is 96.8 Å². The number of benzene rings is 1. The number of allylic oxidation sites excluding steroid dienone is 2. The Labute approximate surface area is 287 Å². The molecule has 0 amide bonds. The molecule has 19 heteroatoms. The van der Waals surface area contributed by atoms with Crippen molar-refractivity contribution < 1.29 is 89.5 Å². The van der Waals surface area contributed by atoms with Crippen molar-refractivity contribution in [3.63, 3.8) is 0 Å². The van der Waals surface area contributed by atoms with Crippen molar-refractivity contribution in [2.24, 2.45) is 0 Å². The first-order valence-electron chi connectivity index (χ1n) is 15.4.